The van der Waals surface area contributed by atoms with Crippen molar-refractivity contribution in [1.29, 1.82) is 0 Å². The molecular formula is C21H21ClN4O5S. The van der Waals surface area contributed by atoms with Crippen LogP contribution in [0, 0.1) is 0 Å². The van der Waals surface area contributed by atoms with Crippen LogP contribution in [0.15, 0.2) is 64.4 Å². The number of carbonyl (C=O) groups excluding carboxylic acids is 1. The zero-order chi connectivity index (χ0) is 23.1. The highest BCUT2D eigenvalue weighted by Gasteiger charge is 2.15. The van der Waals surface area contributed by atoms with Crippen molar-refractivity contribution in [2.75, 3.05) is 20.3 Å². The van der Waals surface area contributed by atoms with E-state index in [2.05, 4.69) is 20.0 Å². The van der Waals surface area contributed by atoms with Crippen LogP contribution in [-0.2, 0) is 21.3 Å². The van der Waals surface area contributed by atoms with Crippen LogP contribution in [-0.4, -0.2) is 44.6 Å². The molecule has 11 heteroatoms. The normalized spacial score (nSPS) is 11.3. The molecule has 0 bridgehead atoms. The quantitative estimate of drug-likeness (QED) is 0.405. The first-order valence-electron chi connectivity index (χ1n) is 9.51. The molecular weight excluding hydrogens is 456 g/mol. The van der Waals surface area contributed by atoms with Crippen molar-refractivity contribution in [3.05, 3.63) is 81.2 Å². The molecule has 0 unspecified atom stereocenters. The maximum Gasteiger partial charge on any atom is 0.264 e. The SMILES string of the molecule is COCCNS(=O)(=O)c1ccc(CNC(=O)c2cnc(-c3ccc(Cl)cc3)[nH]c2=O)cc1. The van der Waals surface area contributed by atoms with Crippen molar-refractivity contribution in [3.8, 4) is 11.4 Å². The summed E-state index contributed by atoms with van der Waals surface area (Å²) in [6.45, 7) is 0.530. The maximum atomic E-state index is 12.4. The van der Waals surface area contributed by atoms with Gasteiger partial charge >= 0.3 is 0 Å². The molecule has 1 aromatic heterocycles. The van der Waals surface area contributed by atoms with Gasteiger partial charge in [-0.15, -0.1) is 0 Å². The predicted molar refractivity (Wildman–Crippen MR) is 120 cm³/mol. The smallest absolute Gasteiger partial charge is 0.264 e. The summed E-state index contributed by atoms with van der Waals surface area (Å²) in [5.74, 6) is -0.279. The number of amides is 1. The Hall–Kier alpha value is -3.05. The van der Waals surface area contributed by atoms with Crippen molar-refractivity contribution in [1.82, 2.24) is 20.0 Å². The molecule has 3 aromatic rings. The average molecular weight is 477 g/mol. The molecule has 9 nitrogen and oxygen atoms in total. The van der Waals surface area contributed by atoms with Gasteiger partial charge in [-0.1, -0.05) is 23.7 Å². The van der Waals surface area contributed by atoms with E-state index in [4.69, 9.17) is 16.3 Å². The molecule has 2 aromatic carbocycles. The number of ether oxygens (including phenoxy) is 1. The Morgan fingerprint density at radius 2 is 1.81 bits per heavy atom. The molecule has 0 aliphatic rings. The number of hydrogen-bond donors (Lipinski definition) is 3. The Morgan fingerprint density at radius 3 is 2.44 bits per heavy atom. The van der Waals surface area contributed by atoms with Crippen LogP contribution >= 0.6 is 11.6 Å². The molecule has 168 valence electrons. The number of nitrogens with zero attached hydrogens (tertiary/aromatic N) is 1. The van der Waals surface area contributed by atoms with E-state index in [-0.39, 0.29) is 30.2 Å². The zero-order valence-electron chi connectivity index (χ0n) is 17.1. The lowest BCUT2D eigenvalue weighted by Crippen LogP contribution is -2.30. The molecule has 0 spiro atoms. The Balaban J connectivity index is 1.63. The summed E-state index contributed by atoms with van der Waals surface area (Å²) in [5.41, 5.74) is 0.608. The summed E-state index contributed by atoms with van der Waals surface area (Å²) in [6.07, 6.45) is 1.21. The Labute approximate surface area is 189 Å². The predicted octanol–water partition coefficient (Wildman–Crippen LogP) is 1.94. The number of nitrogens with one attached hydrogen (secondary N) is 3. The summed E-state index contributed by atoms with van der Waals surface area (Å²) >= 11 is 5.86. The van der Waals surface area contributed by atoms with E-state index in [9.17, 15) is 18.0 Å². The van der Waals surface area contributed by atoms with Gasteiger partial charge in [0.05, 0.1) is 11.5 Å². The largest absolute Gasteiger partial charge is 0.383 e. The Kier molecular flexibility index (Phi) is 7.75. The van der Waals surface area contributed by atoms with E-state index in [0.717, 1.165) is 0 Å². The van der Waals surface area contributed by atoms with Crippen LogP contribution in [0.3, 0.4) is 0 Å². The van der Waals surface area contributed by atoms with Gasteiger partial charge in [-0.25, -0.2) is 18.1 Å². The van der Waals surface area contributed by atoms with Crippen molar-refractivity contribution in [3.63, 3.8) is 0 Å². The van der Waals surface area contributed by atoms with Gasteiger partial charge in [-0.2, -0.15) is 0 Å². The van der Waals surface area contributed by atoms with Crippen molar-refractivity contribution < 1.29 is 17.9 Å². The number of rotatable bonds is 9. The zero-order valence-corrected chi connectivity index (χ0v) is 18.7. The second kappa shape index (κ2) is 10.5. The molecule has 0 aliphatic carbocycles. The highest BCUT2D eigenvalue weighted by atomic mass is 35.5. The minimum Gasteiger partial charge on any atom is -0.383 e. The van der Waals surface area contributed by atoms with Crippen LogP contribution in [0.25, 0.3) is 11.4 Å². The third kappa shape index (κ3) is 6.01. The second-order valence-electron chi connectivity index (χ2n) is 6.70. The highest BCUT2D eigenvalue weighted by molar-refractivity contribution is 7.89. The summed E-state index contributed by atoms with van der Waals surface area (Å²) in [4.78, 5) is 31.6. The summed E-state index contributed by atoms with van der Waals surface area (Å²) < 4.78 is 31.6. The van der Waals surface area contributed by atoms with Gasteiger partial charge in [0, 0.05) is 37.0 Å². The maximum absolute atomic E-state index is 12.4. The number of hydrogen-bond acceptors (Lipinski definition) is 6. The molecule has 3 rings (SSSR count). The van der Waals surface area contributed by atoms with Crippen LogP contribution in [0.4, 0.5) is 0 Å². The minimum absolute atomic E-state index is 0.0992. The van der Waals surface area contributed by atoms with Gasteiger partial charge in [0.25, 0.3) is 11.5 Å². The van der Waals surface area contributed by atoms with Crippen LogP contribution in [0.1, 0.15) is 15.9 Å². The lowest BCUT2D eigenvalue weighted by Gasteiger charge is -2.08. The van der Waals surface area contributed by atoms with Gasteiger partial charge in [0.15, 0.2) is 0 Å². The molecule has 0 atom stereocenters. The van der Waals surface area contributed by atoms with E-state index in [0.29, 0.717) is 22.0 Å². The lowest BCUT2D eigenvalue weighted by atomic mass is 10.2. The number of methoxy groups -OCH3 is 1. The molecule has 32 heavy (non-hydrogen) atoms. The van der Waals surface area contributed by atoms with E-state index >= 15 is 0 Å². The minimum atomic E-state index is -3.64. The topological polar surface area (TPSA) is 130 Å². The fraction of sp³-hybridized carbons (Fsp3) is 0.190. The highest BCUT2D eigenvalue weighted by Crippen LogP contribution is 2.17. The number of benzene rings is 2. The van der Waals surface area contributed by atoms with Crippen molar-refractivity contribution in [2.45, 2.75) is 11.4 Å². The average Bonchev–Trinajstić information content (AvgIpc) is 2.78. The third-order valence-corrected chi connectivity index (χ3v) is 6.18. The monoisotopic (exact) mass is 476 g/mol. The van der Waals surface area contributed by atoms with Gasteiger partial charge in [-0.05, 0) is 42.0 Å². The number of aromatic nitrogens is 2. The number of carbonyl (C=O) groups is 1. The van der Waals surface area contributed by atoms with Crippen molar-refractivity contribution in [2.24, 2.45) is 0 Å². The van der Waals surface area contributed by atoms with Crippen LogP contribution < -0.4 is 15.6 Å². The third-order valence-electron chi connectivity index (χ3n) is 4.45. The first kappa shape index (κ1) is 23.6. The number of aromatic amines is 1. The van der Waals surface area contributed by atoms with E-state index in [1.165, 1.54) is 25.4 Å². The molecule has 0 saturated carbocycles. The van der Waals surface area contributed by atoms with Gasteiger partial charge in [-0.3, -0.25) is 9.59 Å². The molecule has 0 radical (unpaired) electrons. The summed E-state index contributed by atoms with van der Waals surface area (Å²) in [5, 5.41) is 3.18. The summed E-state index contributed by atoms with van der Waals surface area (Å²) in [6, 6.07) is 12.8. The first-order valence-corrected chi connectivity index (χ1v) is 11.4. The second-order valence-corrected chi connectivity index (χ2v) is 8.90. The number of sulfonamides is 1. The Bertz CT molecular complexity index is 1240. The van der Waals surface area contributed by atoms with Gasteiger partial charge < -0.3 is 15.0 Å². The van der Waals surface area contributed by atoms with E-state index < -0.39 is 21.5 Å². The summed E-state index contributed by atoms with van der Waals surface area (Å²) in [7, 11) is -2.16. The lowest BCUT2D eigenvalue weighted by molar-refractivity contribution is 0.0949. The molecule has 0 saturated heterocycles. The van der Waals surface area contributed by atoms with E-state index in [1.807, 2.05) is 0 Å². The molecule has 0 fully saturated rings. The van der Waals surface area contributed by atoms with Crippen LogP contribution in [0.5, 0.6) is 0 Å². The molecule has 1 amide bonds. The van der Waals surface area contributed by atoms with Gasteiger partial charge in [0.1, 0.15) is 11.4 Å². The molecule has 1 heterocycles. The first-order chi connectivity index (χ1) is 15.3. The number of halogens is 1. The van der Waals surface area contributed by atoms with Crippen molar-refractivity contribution >= 4 is 27.5 Å². The standard InChI is InChI=1S/C21H21ClN4O5S/c1-31-11-10-25-32(29,30)17-8-2-14(3-9-17)12-24-20(27)18-13-23-19(26-21(18)28)15-4-6-16(22)7-5-15/h2-9,13,25H,10-12H2,1H3,(H,24,27)(H,23,26,28). The van der Waals surface area contributed by atoms with Crippen LogP contribution in [0.2, 0.25) is 5.02 Å². The molecule has 0 aliphatic heterocycles. The van der Waals surface area contributed by atoms with Gasteiger partial charge in [0.2, 0.25) is 10.0 Å². The number of H-pyrrole nitrogens is 1. The Morgan fingerprint density at radius 1 is 1.12 bits per heavy atom. The molecule has 3 N–H and O–H groups in total. The fourth-order valence-corrected chi connectivity index (χ4v) is 3.88. The fourth-order valence-electron chi connectivity index (χ4n) is 2.74. The van der Waals surface area contributed by atoms with E-state index in [1.54, 1.807) is 36.4 Å².